The number of nitrogens with one attached hydrogen (secondary N) is 2. The lowest BCUT2D eigenvalue weighted by Crippen LogP contribution is -2.35. The van der Waals surface area contributed by atoms with Gasteiger partial charge in [-0.3, -0.25) is 9.36 Å². The van der Waals surface area contributed by atoms with Gasteiger partial charge in [-0.15, -0.1) is 11.8 Å². The average molecular weight is 395 g/mol. The molecule has 7 nitrogen and oxygen atoms in total. The van der Waals surface area contributed by atoms with E-state index in [0.717, 1.165) is 35.0 Å². The van der Waals surface area contributed by atoms with E-state index < -0.39 is 0 Å². The van der Waals surface area contributed by atoms with Gasteiger partial charge in [0.25, 0.3) is 5.91 Å². The predicted molar refractivity (Wildman–Crippen MR) is 107 cm³/mol. The summed E-state index contributed by atoms with van der Waals surface area (Å²) in [4.78, 5) is 28.6. The normalized spacial score (nSPS) is 16.2. The highest BCUT2D eigenvalue weighted by Gasteiger charge is 2.20. The number of pyridine rings is 1. The first-order valence-corrected chi connectivity index (χ1v) is 10.3. The van der Waals surface area contributed by atoms with E-state index in [0.29, 0.717) is 18.5 Å². The number of aryl methyl sites for hydroxylation is 1. The predicted octanol–water partition coefficient (Wildman–Crippen LogP) is 2.39. The van der Waals surface area contributed by atoms with Crippen molar-refractivity contribution in [3.63, 3.8) is 0 Å². The minimum absolute atomic E-state index is 0.0352. The number of carbonyl (C=O) groups is 1. The maximum Gasteiger partial charge on any atom is 0.343 e. The van der Waals surface area contributed by atoms with Crippen molar-refractivity contribution in [3.8, 4) is 0 Å². The monoisotopic (exact) mass is 395 g/mol. The van der Waals surface area contributed by atoms with Gasteiger partial charge in [-0.1, -0.05) is 18.2 Å². The third kappa shape index (κ3) is 4.33. The van der Waals surface area contributed by atoms with Gasteiger partial charge >= 0.3 is 5.69 Å². The largest absolute Gasteiger partial charge is 0.349 e. The second kappa shape index (κ2) is 8.43. The lowest BCUT2D eigenvalue weighted by molar-refractivity contribution is 0.0933. The molecular formula is C20H21N5O2S. The number of H-pyrrole nitrogens is 1. The first kappa shape index (κ1) is 18.5. The van der Waals surface area contributed by atoms with Crippen molar-refractivity contribution in [2.75, 3.05) is 0 Å². The number of rotatable bonds is 5. The summed E-state index contributed by atoms with van der Waals surface area (Å²) in [5.41, 5.74) is 1.61. The third-order valence-electron chi connectivity index (χ3n) is 4.83. The van der Waals surface area contributed by atoms with Crippen molar-refractivity contribution >= 4 is 17.7 Å². The Hall–Kier alpha value is -2.87. The molecule has 1 aromatic carbocycles. The molecule has 0 spiro atoms. The Bertz CT molecular complexity index is 997. The van der Waals surface area contributed by atoms with Gasteiger partial charge in [0.15, 0.2) is 0 Å². The van der Waals surface area contributed by atoms with Crippen molar-refractivity contribution in [2.24, 2.45) is 0 Å². The number of benzene rings is 1. The Kier molecular flexibility index (Phi) is 5.57. The second-order valence-electron chi connectivity index (χ2n) is 6.75. The van der Waals surface area contributed by atoms with Crippen LogP contribution in [0.2, 0.25) is 0 Å². The number of aromatic nitrogens is 4. The molecule has 2 N–H and O–H groups in total. The lowest BCUT2D eigenvalue weighted by atomic mass is 10.1. The molecule has 4 rings (SSSR count). The molecule has 1 amide bonds. The highest BCUT2D eigenvalue weighted by molar-refractivity contribution is 7.98. The molecule has 28 heavy (non-hydrogen) atoms. The van der Waals surface area contributed by atoms with Crippen LogP contribution >= 0.6 is 11.8 Å². The number of hydrogen-bond donors (Lipinski definition) is 2. The number of fused-ring (bicyclic) bond motifs is 1. The average Bonchev–Trinajstić information content (AvgIpc) is 2.96. The molecule has 0 saturated carbocycles. The van der Waals surface area contributed by atoms with Crippen molar-refractivity contribution in [1.29, 1.82) is 0 Å². The van der Waals surface area contributed by atoms with Gasteiger partial charge in [-0.25, -0.2) is 14.9 Å². The van der Waals surface area contributed by atoms with Crippen LogP contribution in [0.15, 0.2) is 58.5 Å². The van der Waals surface area contributed by atoms with Gasteiger partial charge in [0, 0.05) is 36.5 Å². The standard InChI is InChI=1S/C20H21N5O2S/c26-19(22-16-8-9-17-23-24-20(27)25(17)12-10-16)15-6-4-14(5-7-15)13-28-18-3-1-2-11-21-18/h1-7,11,16H,8-10,12-13H2,(H,22,26)(H,24,27). The molecule has 0 radical (unpaired) electrons. The van der Waals surface area contributed by atoms with Gasteiger partial charge in [0.05, 0.1) is 5.03 Å². The Morgan fingerprint density at radius 1 is 1.21 bits per heavy atom. The zero-order valence-electron chi connectivity index (χ0n) is 15.3. The molecule has 1 unspecified atom stereocenters. The molecule has 8 heteroatoms. The van der Waals surface area contributed by atoms with E-state index >= 15 is 0 Å². The summed E-state index contributed by atoms with van der Waals surface area (Å²) >= 11 is 1.67. The first-order chi connectivity index (χ1) is 13.7. The molecular weight excluding hydrogens is 374 g/mol. The summed E-state index contributed by atoms with van der Waals surface area (Å²) in [5, 5.41) is 10.6. The van der Waals surface area contributed by atoms with Gasteiger partial charge in [0.1, 0.15) is 5.82 Å². The fourth-order valence-electron chi connectivity index (χ4n) is 3.26. The van der Waals surface area contributed by atoms with Gasteiger partial charge in [-0.05, 0) is 42.7 Å². The smallest absolute Gasteiger partial charge is 0.343 e. The van der Waals surface area contributed by atoms with Crippen molar-refractivity contribution in [2.45, 2.75) is 42.6 Å². The minimum atomic E-state index is -0.180. The number of amides is 1. The minimum Gasteiger partial charge on any atom is -0.349 e. The van der Waals surface area contributed by atoms with E-state index in [9.17, 15) is 9.59 Å². The molecule has 0 aliphatic carbocycles. The molecule has 1 aliphatic heterocycles. The highest BCUT2D eigenvalue weighted by Crippen LogP contribution is 2.20. The molecule has 144 valence electrons. The lowest BCUT2D eigenvalue weighted by Gasteiger charge is -2.16. The highest BCUT2D eigenvalue weighted by atomic mass is 32.2. The van der Waals surface area contributed by atoms with Crippen LogP contribution in [-0.4, -0.2) is 31.7 Å². The zero-order chi connectivity index (χ0) is 19.3. The van der Waals surface area contributed by atoms with Crippen LogP contribution in [-0.2, 0) is 18.7 Å². The summed E-state index contributed by atoms with van der Waals surface area (Å²) in [7, 11) is 0. The molecule has 3 heterocycles. The topological polar surface area (TPSA) is 92.7 Å². The van der Waals surface area contributed by atoms with Crippen LogP contribution in [0.3, 0.4) is 0 Å². The van der Waals surface area contributed by atoms with Gasteiger partial charge in [-0.2, -0.15) is 5.10 Å². The maximum atomic E-state index is 12.6. The number of nitrogens with zero attached hydrogens (tertiary/aromatic N) is 3. The summed E-state index contributed by atoms with van der Waals surface area (Å²) in [5.74, 6) is 1.49. The van der Waals surface area contributed by atoms with Crippen molar-refractivity contribution in [3.05, 3.63) is 76.1 Å². The molecule has 0 saturated heterocycles. The zero-order valence-corrected chi connectivity index (χ0v) is 16.1. The molecule has 1 aliphatic rings. The summed E-state index contributed by atoms with van der Waals surface area (Å²) in [6, 6.07) is 13.6. The van der Waals surface area contributed by atoms with Crippen molar-refractivity contribution < 1.29 is 4.79 Å². The Morgan fingerprint density at radius 3 is 2.86 bits per heavy atom. The van der Waals surface area contributed by atoms with Gasteiger partial charge in [0.2, 0.25) is 0 Å². The SMILES string of the molecule is O=C(NC1CCc2n[nH]c(=O)n2CC1)c1ccc(CSc2ccccn2)cc1. The molecule has 1 atom stereocenters. The van der Waals surface area contributed by atoms with Crippen molar-refractivity contribution in [1.82, 2.24) is 25.1 Å². The fraction of sp³-hybridized carbons (Fsp3) is 0.300. The Morgan fingerprint density at radius 2 is 2.07 bits per heavy atom. The van der Waals surface area contributed by atoms with E-state index in [1.165, 1.54) is 0 Å². The summed E-state index contributed by atoms with van der Waals surface area (Å²) in [6.45, 7) is 0.569. The van der Waals surface area contributed by atoms with Crippen LogP contribution in [0, 0.1) is 0 Å². The third-order valence-corrected chi connectivity index (χ3v) is 5.85. The number of hydrogen-bond acceptors (Lipinski definition) is 5. The van der Waals surface area contributed by atoms with E-state index in [4.69, 9.17) is 0 Å². The molecule has 0 fully saturated rings. The van der Waals surface area contributed by atoms with Crippen LogP contribution in [0.25, 0.3) is 0 Å². The van der Waals surface area contributed by atoms with E-state index in [1.54, 1.807) is 22.5 Å². The maximum absolute atomic E-state index is 12.6. The molecule has 2 aromatic heterocycles. The van der Waals surface area contributed by atoms with E-state index in [1.807, 2.05) is 42.5 Å². The quantitative estimate of drug-likeness (QED) is 0.647. The number of aromatic amines is 1. The Balaban J connectivity index is 1.32. The molecule has 3 aromatic rings. The summed E-state index contributed by atoms with van der Waals surface area (Å²) in [6.07, 6.45) is 3.95. The van der Waals surface area contributed by atoms with E-state index in [-0.39, 0.29) is 17.6 Å². The van der Waals surface area contributed by atoms with Crippen LogP contribution in [0.4, 0.5) is 0 Å². The van der Waals surface area contributed by atoms with Crippen LogP contribution < -0.4 is 11.0 Å². The molecule has 0 bridgehead atoms. The van der Waals surface area contributed by atoms with Gasteiger partial charge < -0.3 is 5.32 Å². The Labute approximate surface area is 166 Å². The van der Waals surface area contributed by atoms with Crippen LogP contribution in [0.1, 0.15) is 34.6 Å². The summed E-state index contributed by atoms with van der Waals surface area (Å²) < 4.78 is 1.65. The second-order valence-corrected chi connectivity index (χ2v) is 7.74. The van der Waals surface area contributed by atoms with E-state index in [2.05, 4.69) is 20.5 Å². The first-order valence-electron chi connectivity index (χ1n) is 9.27. The number of thioether (sulfide) groups is 1. The number of carbonyl (C=O) groups excluding carboxylic acids is 1. The van der Waals surface area contributed by atoms with Crippen LogP contribution in [0.5, 0.6) is 0 Å². The fourth-order valence-corrected chi connectivity index (χ4v) is 4.08.